The van der Waals surface area contributed by atoms with Crippen molar-refractivity contribution < 1.29 is 4.74 Å². The third-order valence-electron chi connectivity index (χ3n) is 5.04. The van der Waals surface area contributed by atoms with Gasteiger partial charge < -0.3 is 14.2 Å². The molecule has 0 radical (unpaired) electrons. The second kappa shape index (κ2) is 12.7. The third kappa shape index (κ3) is 6.48. The lowest BCUT2D eigenvalue weighted by atomic mass is 10.3. The number of nitrogens with one attached hydrogen (secondary N) is 1. The van der Waals surface area contributed by atoms with Crippen LogP contribution in [0, 0.1) is 5.41 Å². The molecule has 3 rings (SSSR count). The molecule has 0 saturated carbocycles. The van der Waals surface area contributed by atoms with Crippen LogP contribution >= 0.6 is 23.2 Å². The van der Waals surface area contributed by atoms with Gasteiger partial charge in [0.05, 0.1) is 17.1 Å². The molecular formula is C23H33Cl2N5O. The predicted molar refractivity (Wildman–Crippen MR) is 129 cm³/mol. The Balaban J connectivity index is 0.00000166. The quantitative estimate of drug-likeness (QED) is 0.404. The number of hydrogen-bond donors (Lipinski definition) is 1. The molecule has 3 aromatic rings. The maximum absolute atomic E-state index is 8.68. The molecule has 0 atom stereocenters. The molecule has 0 spiro atoms. The third-order valence-corrected chi connectivity index (χ3v) is 5.57. The van der Waals surface area contributed by atoms with Gasteiger partial charge in [-0.05, 0) is 49.8 Å². The van der Waals surface area contributed by atoms with E-state index in [1.807, 2.05) is 35.1 Å². The second-order valence-electron chi connectivity index (χ2n) is 6.78. The van der Waals surface area contributed by atoms with Crippen molar-refractivity contribution >= 4 is 34.4 Å². The second-order valence-corrected chi connectivity index (χ2v) is 7.62. The first-order valence-electron chi connectivity index (χ1n) is 10.9. The predicted octanol–water partition coefficient (Wildman–Crippen LogP) is 5.46. The van der Waals surface area contributed by atoms with E-state index in [1.165, 1.54) is 0 Å². The molecule has 6 nitrogen and oxygen atoms in total. The average Bonchev–Trinajstić information content (AvgIpc) is 3.05. The van der Waals surface area contributed by atoms with Crippen LogP contribution in [0.25, 0.3) is 11.2 Å². The van der Waals surface area contributed by atoms with Crippen molar-refractivity contribution in [2.75, 3.05) is 26.2 Å². The van der Waals surface area contributed by atoms with Gasteiger partial charge in [0.2, 0.25) is 5.62 Å². The van der Waals surface area contributed by atoms with Crippen molar-refractivity contribution in [1.82, 2.24) is 19.0 Å². The zero-order valence-corrected chi connectivity index (χ0v) is 20.4. The van der Waals surface area contributed by atoms with E-state index >= 15 is 0 Å². The SMILES string of the molecule is CC.CCN(CC)CCn1c(=N)n(CCCOc2ccc(Cl)cc2Cl)c2cccnc21. The maximum atomic E-state index is 8.68. The van der Waals surface area contributed by atoms with Crippen LogP contribution in [0.2, 0.25) is 10.0 Å². The fourth-order valence-electron chi connectivity index (χ4n) is 3.38. The summed E-state index contributed by atoms with van der Waals surface area (Å²) in [5.41, 5.74) is 2.29. The number of likely N-dealkylation sites (N-methyl/N-ethyl adjacent to an activating group) is 1. The lowest BCUT2D eigenvalue weighted by molar-refractivity contribution is 0.287. The Hall–Kier alpha value is -2.02. The Bertz CT molecular complexity index is 1010. The first-order chi connectivity index (χ1) is 15.0. The minimum absolute atomic E-state index is 0.468. The summed E-state index contributed by atoms with van der Waals surface area (Å²) in [6.45, 7) is 13.1. The number of halogens is 2. The molecule has 0 saturated heterocycles. The first kappa shape index (κ1) is 25.2. The molecular weight excluding hydrogens is 433 g/mol. The van der Waals surface area contributed by atoms with Gasteiger partial charge in [0, 0.05) is 30.9 Å². The number of imidazole rings is 1. The van der Waals surface area contributed by atoms with Crippen molar-refractivity contribution in [3.8, 4) is 5.75 Å². The largest absolute Gasteiger partial charge is 0.492 e. The summed E-state index contributed by atoms with van der Waals surface area (Å²) in [5, 5.41) is 9.77. The Labute approximate surface area is 194 Å². The Morgan fingerprint density at radius 3 is 2.48 bits per heavy atom. The monoisotopic (exact) mass is 465 g/mol. The number of ether oxygens (including phenoxy) is 1. The normalized spacial score (nSPS) is 10.9. The Kier molecular flexibility index (Phi) is 10.4. The molecule has 0 unspecified atom stereocenters. The van der Waals surface area contributed by atoms with Gasteiger partial charge in [0.1, 0.15) is 5.75 Å². The van der Waals surface area contributed by atoms with E-state index in [0.29, 0.717) is 34.6 Å². The van der Waals surface area contributed by atoms with E-state index in [4.69, 9.17) is 33.3 Å². The Morgan fingerprint density at radius 1 is 1.06 bits per heavy atom. The summed E-state index contributed by atoms with van der Waals surface area (Å²) in [6, 6.07) is 9.14. The first-order valence-corrected chi connectivity index (χ1v) is 11.7. The number of aryl methyl sites for hydroxylation is 1. The minimum Gasteiger partial charge on any atom is -0.492 e. The van der Waals surface area contributed by atoms with Gasteiger partial charge in [-0.2, -0.15) is 0 Å². The number of benzene rings is 1. The van der Waals surface area contributed by atoms with Gasteiger partial charge in [0.25, 0.3) is 0 Å². The molecule has 0 aliphatic heterocycles. The summed E-state index contributed by atoms with van der Waals surface area (Å²) in [7, 11) is 0. The van der Waals surface area contributed by atoms with Crippen LogP contribution in [0.15, 0.2) is 36.5 Å². The summed E-state index contributed by atoms with van der Waals surface area (Å²) < 4.78 is 9.77. The van der Waals surface area contributed by atoms with E-state index in [-0.39, 0.29) is 0 Å². The van der Waals surface area contributed by atoms with Gasteiger partial charge >= 0.3 is 0 Å². The molecule has 170 valence electrons. The fraction of sp³-hybridized carbons (Fsp3) is 0.478. The van der Waals surface area contributed by atoms with Crippen LogP contribution < -0.4 is 10.4 Å². The summed E-state index contributed by atoms with van der Waals surface area (Å²) in [6.07, 6.45) is 2.53. The van der Waals surface area contributed by atoms with Crippen LogP contribution in [-0.4, -0.2) is 45.3 Å². The molecule has 8 heteroatoms. The zero-order chi connectivity index (χ0) is 22.8. The molecule has 1 aromatic carbocycles. The van der Waals surface area contributed by atoms with Gasteiger partial charge in [-0.25, -0.2) is 4.98 Å². The molecule has 31 heavy (non-hydrogen) atoms. The smallest absolute Gasteiger partial charge is 0.204 e. The van der Waals surface area contributed by atoms with Crippen LogP contribution in [-0.2, 0) is 13.1 Å². The number of pyridine rings is 1. The highest BCUT2D eigenvalue weighted by molar-refractivity contribution is 6.35. The highest BCUT2D eigenvalue weighted by Crippen LogP contribution is 2.27. The van der Waals surface area contributed by atoms with Crippen LogP contribution in [0.5, 0.6) is 5.75 Å². The number of rotatable bonds is 10. The standard InChI is InChI=1S/C21H27Cl2N5O.C2H6/c1-3-26(4-2)12-13-28-20-18(7-5-10-25-20)27(21(28)24)11-6-14-29-19-9-8-16(22)15-17(19)23;1-2/h5,7-10,15,24H,3-4,6,11-14H2,1-2H3;1-2H3. The summed E-state index contributed by atoms with van der Waals surface area (Å²) >= 11 is 12.1. The van der Waals surface area contributed by atoms with E-state index < -0.39 is 0 Å². The van der Waals surface area contributed by atoms with Crippen molar-refractivity contribution in [3.63, 3.8) is 0 Å². The molecule has 0 bridgehead atoms. The molecule has 0 fully saturated rings. The zero-order valence-electron chi connectivity index (χ0n) is 18.9. The van der Waals surface area contributed by atoms with Crippen molar-refractivity contribution in [2.45, 2.75) is 47.2 Å². The lowest BCUT2D eigenvalue weighted by Crippen LogP contribution is -2.32. The van der Waals surface area contributed by atoms with E-state index in [1.54, 1.807) is 24.4 Å². The number of nitrogens with zero attached hydrogens (tertiary/aromatic N) is 4. The van der Waals surface area contributed by atoms with Gasteiger partial charge in [-0.1, -0.05) is 50.9 Å². The van der Waals surface area contributed by atoms with E-state index in [0.717, 1.165) is 43.8 Å². The Morgan fingerprint density at radius 2 is 1.81 bits per heavy atom. The van der Waals surface area contributed by atoms with E-state index in [2.05, 4.69) is 23.7 Å². The van der Waals surface area contributed by atoms with Crippen LogP contribution in [0.4, 0.5) is 0 Å². The van der Waals surface area contributed by atoms with Gasteiger partial charge in [-0.3, -0.25) is 9.98 Å². The molecule has 0 amide bonds. The number of hydrogen-bond acceptors (Lipinski definition) is 4. The van der Waals surface area contributed by atoms with Crippen LogP contribution in [0.1, 0.15) is 34.1 Å². The van der Waals surface area contributed by atoms with Crippen molar-refractivity contribution in [2.24, 2.45) is 0 Å². The lowest BCUT2D eigenvalue weighted by Gasteiger charge is -2.18. The van der Waals surface area contributed by atoms with Crippen LogP contribution in [0.3, 0.4) is 0 Å². The average molecular weight is 466 g/mol. The number of fused-ring (bicyclic) bond motifs is 1. The summed E-state index contributed by atoms with van der Waals surface area (Å²) in [5.74, 6) is 0.621. The molecule has 1 N–H and O–H groups in total. The fourth-order valence-corrected chi connectivity index (χ4v) is 3.85. The van der Waals surface area contributed by atoms with Crippen molar-refractivity contribution in [1.29, 1.82) is 5.41 Å². The maximum Gasteiger partial charge on any atom is 0.204 e. The van der Waals surface area contributed by atoms with Gasteiger partial charge in [0.15, 0.2) is 5.65 Å². The highest BCUT2D eigenvalue weighted by atomic mass is 35.5. The summed E-state index contributed by atoms with van der Waals surface area (Å²) in [4.78, 5) is 6.88. The van der Waals surface area contributed by atoms with Gasteiger partial charge in [-0.15, -0.1) is 0 Å². The molecule has 2 aromatic heterocycles. The van der Waals surface area contributed by atoms with E-state index in [9.17, 15) is 0 Å². The van der Waals surface area contributed by atoms with Crippen molar-refractivity contribution in [3.05, 3.63) is 52.2 Å². The molecule has 0 aliphatic carbocycles. The topological polar surface area (TPSA) is 59.1 Å². The molecule has 2 heterocycles. The highest BCUT2D eigenvalue weighted by Gasteiger charge is 2.12. The molecule has 0 aliphatic rings. The number of aromatic nitrogens is 3. The minimum atomic E-state index is 0.468.